The van der Waals surface area contributed by atoms with Crippen LogP contribution in [0.1, 0.15) is 19.3 Å². The maximum absolute atomic E-state index is 11.5. The second-order valence-electron chi connectivity index (χ2n) is 3.35. The molecule has 1 atom stereocenters. The zero-order chi connectivity index (χ0) is 10.7. The minimum atomic E-state index is -1.16. The fraction of sp³-hybridized carbons (Fsp3) is 0.667. The van der Waals surface area contributed by atoms with Gasteiger partial charge in [0.15, 0.2) is 5.78 Å². The van der Waals surface area contributed by atoms with Crippen molar-refractivity contribution in [3.63, 3.8) is 0 Å². The molecular weight excluding hydrogens is 188 g/mol. The van der Waals surface area contributed by atoms with Crippen molar-refractivity contribution in [1.29, 1.82) is 0 Å². The van der Waals surface area contributed by atoms with Gasteiger partial charge in [-0.15, -0.1) is 0 Å². The van der Waals surface area contributed by atoms with Crippen molar-refractivity contribution < 1.29 is 24.2 Å². The Bertz CT molecular complexity index is 266. The van der Waals surface area contributed by atoms with Crippen LogP contribution < -0.4 is 0 Å². The molecule has 1 aliphatic rings. The van der Waals surface area contributed by atoms with Crippen molar-refractivity contribution in [2.75, 3.05) is 7.11 Å². The molecule has 0 saturated heterocycles. The maximum atomic E-state index is 11.5. The first-order valence-electron chi connectivity index (χ1n) is 4.39. The van der Waals surface area contributed by atoms with Crippen molar-refractivity contribution >= 4 is 17.7 Å². The van der Waals surface area contributed by atoms with Gasteiger partial charge in [-0.1, -0.05) is 0 Å². The van der Waals surface area contributed by atoms with Gasteiger partial charge in [0, 0.05) is 5.92 Å². The standard InChI is InChI=1S/C9H12O5/c1-14-9(13)6(4-7(10)11)8(12)5-2-3-5/h5-6H,2-4H2,1H3,(H,10,11). The molecule has 0 amide bonds. The van der Waals surface area contributed by atoms with Crippen LogP contribution in [0.15, 0.2) is 0 Å². The zero-order valence-corrected chi connectivity index (χ0v) is 7.86. The third-order valence-electron chi connectivity index (χ3n) is 2.19. The maximum Gasteiger partial charge on any atom is 0.316 e. The largest absolute Gasteiger partial charge is 0.481 e. The lowest BCUT2D eigenvalue weighted by Gasteiger charge is -2.10. The lowest BCUT2D eigenvalue weighted by molar-refractivity contribution is -0.154. The molecule has 0 aliphatic heterocycles. The summed E-state index contributed by atoms with van der Waals surface area (Å²) in [5.74, 6) is -3.44. The van der Waals surface area contributed by atoms with Gasteiger partial charge in [0.1, 0.15) is 5.92 Å². The predicted octanol–water partition coefficient (Wildman–Crippen LogP) is 0.229. The van der Waals surface area contributed by atoms with E-state index in [4.69, 9.17) is 5.11 Å². The summed E-state index contributed by atoms with van der Waals surface area (Å²) in [6, 6.07) is 0. The summed E-state index contributed by atoms with van der Waals surface area (Å²) >= 11 is 0. The lowest BCUT2D eigenvalue weighted by atomic mass is 9.97. The van der Waals surface area contributed by atoms with Crippen LogP contribution in [0, 0.1) is 11.8 Å². The molecule has 1 rings (SSSR count). The van der Waals surface area contributed by atoms with Crippen LogP contribution in [0.25, 0.3) is 0 Å². The Hall–Kier alpha value is -1.39. The third kappa shape index (κ3) is 2.55. The van der Waals surface area contributed by atoms with Gasteiger partial charge in [-0.05, 0) is 12.8 Å². The second kappa shape index (κ2) is 4.21. The zero-order valence-electron chi connectivity index (χ0n) is 7.86. The average Bonchev–Trinajstić information content (AvgIpc) is 2.94. The van der Waals surface area contributed by atoms with Gasteiger partial charge >= 0.3 is 11.9 Å². The van der Waals surface area contributed by atoms with E-state index in [9.17, 15) is 14.4 Å². The Kier molecular flexibility index (Phi) is 3.22. The summed E-state index contributed by atoms with van der Waals surface area (Å²) in [6.07, 6.45) is 1.04. The highest BCUT2D eigenvalue weighted by Crippen LogP contribution is 2.33. The summed E-state index contributed by atoms with van der Waals surface area (Å²) in [5, 5.41) is 8.52. The van der Waals surface area contributed by atoms with Crippen LogP contribution in [-0.2, 0) is 19.1 Å². The third-order valence-corrected chi connectivity index (χ3v) is 2.19. The second-order valence-corrected chi connectivity index (χ2v) is 3.35. The number of carbonyl (C=O) groups is 3. The number of Topliss-reactive ketones (excluding diaryl/α,β-unsaturated/α-hetero) is 1. The van der Waals surface area contributed by atoms with E-state index in [1.165, 1.54) is 0 Å². The number of rotatable bonds is 5. The van der Waals surface area contributed by atoms with Crippen LogP contribution in [0.3, 0.4) is 0 Å². The van der Waals surface area contributed by atoms with E-state index in [1.54, 1.807) is 0 Å². The summed E-state index contributed by atoms with van der Waals surface area (Å²) in [6.45, 7) is 0. The summed E-state index contributed by atoms with van der Waals surface area (Å²) < 4.78 is 4.39. The Morgan fingerprint density at radius 1 is 1.43 bits per heavy atom. The average molecular weight is 200 g/mol. The molecule has 0 radical (unpaired) electrons. The number of esters is 1. The van der Waals surface area contributed by atoms with Crippen LogP contribution in [-0.4, -0.2) is 29.9 Å². The van der Waals surface area contributed by atoms with Gasteiger partial charge in [0.2, 0.25) is 0 Å². The molecule has 1 unspecified atom stereocenters. The van der Waals surface area contributed by atoms with Gasteiger partial charge in [-0.2, -0.15) is 0 Å². The first-order chi connectivity index (χ1) is 6.56. The first kappa shape index (κ1) is 10.7. The molecule has 0 aromatic carbocycles. The van der Waals surface area contributed by atoms with Gasteiger partial charge in [0.25, 0.3) is 0 Å². The van der Waals surface area contributed by atoms with Crippen LogP contribution in [0.4, 0.5) is 0 Å². The highest BCUT2D eigenvalue weighted by atomic mass is 16.5. The lowest BCUT2D eigenvalue weighted by Crippen LogP contribution is -2.28. The van der Waals surface area contributed by atoms with Crippen molar-refractivity contribution in [2.45, 2.75) is 19.3 Å². The van der Waals surface area contributed by atoms with Gasteiger partial charge < -0.3 is 9.84 Å². The fourth-order valence-electron chi connectivity index (χ4n) is 1.27. The molecule has 5 nitrogen and oxygen atoms in total. The molecule has 1 fully saturated rings. The number of carboxylic acids is 1. The predicted molar refractivity (Wildman–Crippen MR) is 45.5 cm³/mol. The Labute approximate surface area is 81.0 Å². The number of ether oxygens (including phenoxy) is 1. The van der Waals surface area contributed by atoms with Crippen LogP contribution in [0.5, 0.6) is 0 Å². The summed E-state index contributed by atoms with van der Waals surface area (Å²) in [5.41, 5.74) is 0. The van der Waals surface area contributed by atoms with Crippen LogP contribution >= 0.6 is 0 Å². The topological polar surface area (TPSA) is 80.7 Å². The van der Waals surface area contributed by atoms with E-state index < -0.39 is 24.3 Å². The van der Waals surface area contributed by atoms with E-state index in [0.29, 0.717) is 0 Å². The fourth-order valence-corrected chi connectivity index (χ4v) is 1.27. The van der Waals surface area contributed by atoms with E-state index >= 15 is 0 Å². The molecule has 5 heteroatoms. The van der Waals surface area contributed by atoms with E-state index in [0.717, 1.165) is 20.0 Å². The SMILES string of the molecule is COC(=O)C(CC(=O)O)C(=O)C1CC1. The van der Waals surface area contributed by atoms with Crippen molar-refractivity contribution in [3.8, 4) is 0 Å². The minimum absolute atomic E-state index is 0.126. The number of carboxylic acid groups (broad SMARTS) is 1. The molecule has 0 bridgehead atoms. The van der Waals surface area contributed by atoms with Gasteiger partial charge in [0.05, 0.1) is 13.5 Å². The molecular formula is C9H12O5. The van der Waals surface area contributed by atoms with Crippen molar-refractivity contribution in [3.05, 3.63) is 0 Å². The Morgan fingerprint density at radius 3 is 2.36 bits per heavy atom. The van der Waals surface area contributed by atoms with E-state index in [1.807, 2.05) is 0 Å². The Morgan fingerprint density at radius 2 is 2.00 bits per heavy atom. The number of hydrogen-bond donors (Lipinski definition) is 1. The molecule has 0 aromatic heterocycles. The summed E-state index contributed by atoms with van der Waals surface area (Å²) in [4.78, 5) is 33.0. The number of carbonyl (C=O) groups excluding carboxylic acids is 2. The molecule has 1 aliphatic carbocycles. The highest BCUT2D eigenvalue weighted by molar-refractivity contribution is 6.03. The number of aliphatic carboxylic acids is 1. The van der Waals surface area contributed by atoms with E-state index in [2.05, 4.69) is 4.74 Å². The van der Waals surface area contributed by atoms with Gasteiger partial charge in [-0.3, -0.25) is 14.4 Å². The Balaban J connectivity index is 2.64. The summed E-state index contributed by atoms with van der Waals surface area (Å²) in [7, 11) is 1.15. The monoisotopic (exact) mass is 200 g/mol. The van der Waals surface area contributed by atoms with E-state index in [-0.39, 0.29) is 11.7 Å². The number of methoxy groups -OCH3 is 1. The smallest absolute Gasteiger partial charge is 0.316 e. The molecule has 0 heterocycles. The quantitative estimate of drug-likeness (QED) is 0.507. The molecule has 1 N–H and O–H groups in total. The first-order valence-corrected chi connectivity index (χ1v) is 4.39. The molecule has 0 aromatic rings. The molecule has 1 saturated carbocycles. The number of hydrogen-bond acceptors (Lipinski definition) is 4. The minimum Gasteiger partial charge on any atom is -0.481 e. The highest BCUT2D eigenvalue weighted by Gasteiger charge is 2.39. The molecule has 0 spiro atoms. The normalized spacial score (nSPS) is 17.2. The molecule has 14 heavy (non-hydrogen) atoms. The van der Waals surface area contributed by atoms with Crippen molar-refractivity contribution in [1.82, 2.24) is 0 Å². The van der Waals surface area contributed by atoms with Crippen molar-refractivity contribution in [2.24, 2.45) is 11.8 Å². The number of ketones is 1. The van der Waals surface area contributed by atoms with Crippen LogP contribution in [0.2, 0.25) is 0 Å². The molecule has 78 valence electrons. The van der Waals surface area contributed by atoms with Gasteiger partial charge in [-0.25, -0.2) is 0 Å².